The van der Waals surface area contributed by atoms with Crippen molar-refractivity contribution in [1.82, 2.24) is 0 Å². The molecular weight excluding hydrogens is 374 g/mol. The van der Waals surface area contributed by atoms with Crippen LogP contribution in [0.4, 0.5) is 21.9 Å². The number of carbonyl (C=O) groups is 2. The van der Waals surface area contributed by atoms with Gasteiger partial charge in [0, 0.05) is 34.2 Å². The van der Waals surface area contributed by atoms with Gasteiger partial charge in [-0.05, 0) is 61.5 Å². The number of benzene rings is 3. The summed E-state index contributed by atoms with van der Waals surface area (Å²) in [5.74, 6) is -0.129. The summed E-state index contributed by atoms with van der Waals surface area (Å²) in [6.45, 7) is 2.46. The lowest BCUT2D eigenvalue weighted by molar-refractivity contribution is 0.0988. The zero-order chi connectivity index (χ0) is 19.9. The normalized spacial score (nSPS) is 10.2. The molecule has 0 bridgehead atoms. The molecule has 0 saturated heterocycles. The summed E-state index contributed by atoms with van der Waals surface area (Å²) in [6.07, 6.45) is 0. The Morgan fingerprint density at radius 3 is 2.21 bits per heavy atom. The van der Waals surface area contributed by atoms with Gasteiger partial charge in [0.2, 0.25) is 0 Å². The monoisotopic (exact) mass is 393 g/mol. The van der Waals surface area contributed by atoms with Crippen molar-refractivity contribution >= 4 is 40.6 Å². The number of hydrogen-bond acceptors (Lipinski definition) is 2. The van der Waals surface area contributed by atoms with E-state index in [-0.39, 0.29) is 5.91 Å². The van der Waals surface area contributed by atoms with Gasteiger partial charge < -0.3 is 15.5 Å². The lowest BCUT2D eigenvalue weighted by atomic mass is 10.1. The summed E-state index contributed by atoms with van der Waals surface area (Å²) >= 11 is 5.84. The highest BCUT2D eigenvalue weighted by molar-refractivity contribution is 6.30. The Hall–Kier alpha value is -3.31. The van der Waals surface area contributed by atoms with Gasteiger partial charge in [-0.25, -0.2) is 4.79 Å². The topological polar surface area (TPSA) is 61.4 Å². The van der Waals surface area contributed by atoms with E-state index < -0.39 is 6.03 Å². The minimum absolute atomic E-state index is 0.129. The molecule has 3 rings (SSSR count). The van der Waals surface area contributed by atoms with Gasteiger partial charge in [-0.2, -0.15) is 0 Å². The summed E-state index contributed by atoms with van der Waals surface area (Å²) in [5, 5.41) is 6.06. The smallest absolute Gasteiger partial charge is 0.309 e. The van der Waals surface area contributed by atoms with E-state index in [4.69, 9.17) is 11.6 Å². The van der Waals surface area contributed by atoms with Crippen LogP contribution in [0, 0.1) is 0 Å². The Morgan fingerprint density at radius 2 is 1.54 bits per heavy atom. The third-order valence-electron chi connectivity index (χ3n) is 4.10. The third kappa shape index (κ3) is 4.90. The van der Waals surface area contributed by atoms with Crippen molar-refractivity contribution in [3.63, 3.8) is 0 Å². The molecule has 28 heavy (non-hydrogen) atoms. The number of anilines is 3. The highest BCUT2D eigenvalue weighted by Gasteiger charge is 2.16. The minimum Gasteiger partial charge on any atom is -0.309 e. The van der Waals surface area contributed by atoms with Crippen LogP contribution in [0.15, 0.2) is 78.9 Å². The van der Waals surface area contributed by atoms with Gasteiger partial charge in [0.05, 0.1) is 0 Å². The van der Waals surface area contributed by atoms with Crippen LogP contribution in [-0.4, -0.2) is 18.5 Å². The quantitative estimate of drug-likeness (QED) is 0.588. The van der Waals surface area contributed by atoms with E-state index in [1.54, 1.807) is 53.4 Å². The van der Waals surface area contributed by atoms with E-state index in [0.717, 1.165) is 5.69 Å². The molecule has 2 N–H and O–H groups in total. The largest absolute Gasteiger partial charge is 0.323 e. The molecule has 5 nitrogen and oxygen atoms in total. The maximum atomic E-state index is 12.9. The first-order chi connectivity index (χ1) is 13.6. The molecule has 0 radical (unpaired) electrons. The Labute approximate surface area is 168 Å². The first-order valence-corrected chi connectivity index (χ1v) is 9.25. The highest BCUT2D eigenvalue weighted by atomic mass is 35.5. The maximum Gasteiger partial charge on any atom is 0.323 e. The van der Waals surface area contributed by atoms with Crippen LogP contribution in [0.25, 0.3) is 0 Å². The van der Waals surface area contributed by atoms with Gasteiger partial charge >= 0.3 is 6.03 Å². The number of halogens is 1. The number of urea groups is 1. The molecule has 0 unspecified atom stereocenters. The molecule has 0 aromatic heterocycles. The van der Waals surface area contributed by atoms with Crippen molar-refractivity contribution in [3.05, 3.63) is 89.4 Å². The first-order valence-electron chi connectivity index (χ1n) is 8.87. The summed E-state index contributed by atoms with van der Waals surface area (Å²) < 4.78 is 0. The molecule has 0 atom stereocenters. The third-order valence-corrected chi connectivity index (χ3v) is 4.35. The van der Waals surface area contributed by atoms with Gasteiger partial charge in [0.25, 0.3) is 5.91 Å². The second kappa shape index (κ2) is 9.06. The molecule has 142 valence electrons. The summed E-state index contributed by atoms with van der Waals surface area (Å²) in [4.78, 5) is 26.8. The predicted octanol–water partition coefficient (Wildman–Crippen LogP) is 5.65. The highest BCUT2D eigenvalue weighted by Crippen LogP contribution is 2.19. The number of nitrogens with one attached hydrogen (secondary N) is 2. The maximum absolute atomic E-state index is 12.9. The standard InChI is InChI=1S/C22H20ClN3O2/c1-2-26(20-9-4-3-5-10-20)21(27)16-7-6-8-19(15-16)25-22(28)24-18-13-11-17(23)12-14-18/h3-15H,2H2,1H3,(H2,24,25,28). The fourth-order valence-corrected chi connectivity index (χ4v) is 2.89. The van der Waals surface area contributed by atoms with Gasteiger partial charge in [-0.3, -0.25) is 4.79 Å². The molecule has 0 heterocycles. The minimum atomic E-state index is -0.401. The molecule has 0 fully saturated rings. The lowest BCUT2D eigenvalue weighted by Crippen LogP contribution is -2.30. The molecule has 6 heteroatoms. The van der Waals surface area contributed by atoms with Crippen LogP contribution in [0.5, 0.6) is 0 Å². The van der Waals surface area contributed by atoms with Crippen LogP contribution in [-0.2, 0) is 0 Å². The molecule has 0 saturated carbocycles. The fourth-order valence-electron chi connectivity index (χ4n) is 2.76. The zero-order valence-corrected chi connectivity index (χ0v) is 16.1. The number of para-hydroxylation sites is 1. The molecule has 3 aromatic carbocycles. The van der Waals surface area contributed by atoms with Crippen LogP contribution in [0.1, 0.15) is 17.3 Å². The van der Waals surface area contributed by atoms with E-state index in [0.29, 0.717) is 28.5 Å². The van der Waals surface area contributed by atoms with Gasteiger partial charge in [0.1, 0.15) is 0 Å². The Kier molecular flexibility index (Phi) is 6.29. The molecule has 0 spiro atoms. The zero-order valence-electron chi connectivity index (χ0n) is 15.4. The molecule has 0 aliphatic rings. The average Bonchev–Trinajstić information content (AvgIpc) is 2.71. The Balaban J connectivity index is 1.71. The number of hydrogen-bond donors (Lipinski definition) is 2. The Bertz CT molecular complexity index is 959. The van der Waals surface area contributed by atoms with Crippen molar-refractivity contribution in [2.24, 2.45) is 0 Å². The molecule has 0 aliphatic heterocycles. The Morgan fingerprint density at radius 1 is 0.857 bits per heavy atom. The summed E-state index contributed by atoms with van der Waals surface area (Å²) in [7, 11) is 0. The van der Waals surface area contributed by atoms with E-state index in [1.165, 1.54) is 0 Å². The van der Waals surface area contributed by atoms with Crippen LogP contribution >= 0.6 is 11.6 Å². The fraction of sp³-hybridized carbons (Fsp3) is 0.0909. The van der Waals surface area contributed by atoms with Crippen molar-refractivity contribution in [2.75, 3.05) is 22.1 Å². The predicted molar refractivity (Wildman–Crippen MR) is 114 cm³/mol. The number of nitrogens with zero attached hydrogens (tertiary/aromatic N) is 1. The van der Waals surface area contributed by atoms with Crippen LogP contribution in [0.3, 0.4) is 0 Å². The van der Waals surface area contributed by atoms with Gasteiger partial charge in [-0.1, -0.05) is 35.9 Å². The summed E-state index contributed by atoms with van der Waals surface area (Å²) in [6, 6.07) is 22.8. The van der Waals surface area contributed by atoms with Crippen LogP contribution < -0.4 is 15.5 Å². The molecule has 0 aliphatic carbocycles. The van der Waals surface area contributed by atoms with E-state index in [9.17, 15) is 9.59 Å². The molecule has 3 amide bonds. The number of carbonyl (C=O) groups excluding carboxylic acids is 2. The van der Waals surface area contributed by atoms with Crippen molar-refractivity contribution < 1.29 is 9.59 Å². The second-order valence-electron chi connectivity index (χ2n) is 6.05. The molecular formula is C22H20ClN3O2. The van der Waals surface area contributed by atoms with Crippen molar-refractivity contribution in [3.8, 4) is 0 Å². The van der Waals surface area contributed by atoms with Crippen molar-refractivity contribution in [1.29, 1.82) is 0 Å². The van der Waals surface area contributed by atoms with Crippen LogP contribution in [0.2, 0.25) is 5.02 Å². The number of amides is 3. The van der Waals surface area contributed by atoms with Gasteiger partial charge in [-0.15, -0.1) is 0 Å². The first kappa shape index (κ1) is 19.5. The lowest BCUT2D eigenvalue weighted by Gasteiger charge is -2.21. The second-order valence-corrected chi connectivity index (χ2v) is 6.49. The van der Waals surface area contributed by atoms with E-state index in [2.05, 4.69) is 10.6 Å². The summed E-state index contributed by atoms with van der Waals surface area (Å²) in [5.41, 5.74) is 2.47. The number of rotatable bonds is 5. The van der Waals surface area contributed by atoms with Gasteiger partial charge in [0.15, 0.2) is 0 Å². The van der Waals surface area contributed by atoms with E-state index in [1.807, 2.05) is 37.3 Å². The SMILES string of the molecule is CCN(C(=O)c1cccc(NC(=O)Nc2ccc(Cl)cc2)c1)c1ccccc1. The molecule has 3 aromatic rings. The van der Waals surface area contributed by atoms with E-state index >= 15 is 0 Å². The average molecular weight is 394 g/mol. The van der Waals surface area contributed by atoms with Crippen molar-refractivity contribution in [2.45, 2.75) is 6.92 Å².